The highest BCUT2D eigenvalue weighted by Crippen LogP contribution is 2.27. The third-order valence-electron chi connectivity index (χ3n) is 4.22. The lowest BCUT2D eigenvalue weighted by Crippen LogP contribution is -2.51. The van der Waals surface area contributed by atoms with Gasteiger partial charge in [0.15, 0.2) is 0 Å². The van der Waals surface area contributed by atoms with Crippen LogP contribution in [-0.4, -0.2) is 61.2 Å². The van der Waals surface area contributed by atoms with Gasteiger partial charge in [0.1, 0.15) is 0 Å². The molecule has 0 aromatic heterocycles. The van der Waals surface area contributed by atoms with Crippen molar-refractivity contribution in [1.29, 1.82) is 0 Å². The van der Waals surface area contributed by atoms with E-state index in [9.17, 15) is 0 Å². The number of piperazine rings is 1. The van der Waals surface area contributed by atoms with Gasteiger partial charge in [0.2, 0.25) is 0 Å². The van der Waals surface area contributed by atoms with E-state index in [2.05, 4.69) is 36.0 Å². The van der Waals surface area contributed by atoms with Crippen LogP contribution in [0.25, 0.3) is 0 Å². The first-order chi connectivity index (χ1) is 7.70. The highest BCUT2D eigenvalue weighted by molar-refractivity contribution is 4.88. The molecule has 2 fully saturated rings. The molecule has 2 atom stereocenters. The first kappa shape index (κ1) is 12.3. The maximum Gasteiger partial charge on any atom is 0.0113 e. The molecule has 2 unspecified atom stereocenters. The fourth-order valence-corrected chi connectivity index (χ4v) is 2.76. The molecule has 0 aromatic carbocycles. The van der Waals surface area contributed by atoms with Crippen molar-refractivity contribution in [2.45, 2.75) is 51.2 Å². The van der Waals surface area contributed by atoms with E-state index in [1.54, 1.807) is 0 Å². The molecule has 1 N–H and O–H groups in total. The van der Waals surface area contributed by atoms with Crippen LogP contribution in [-0.2, 0) is 0 Å². The summed E-state index contributed by atoms with van der Waals surface area (Å²) in [5.41, 5.74) is 0. The number of nitrogens with one attached hydrogen (secondary N) is 1. The van der Waals surface area contributed by atoms with E-state index in [0.29, 0.717) is 6.04 Å². The first-order valence-corrected chi connectivity index (χ1v) is 6.86. The van der Waals surface area contributed by atoms with Crippen molar-refractivity contribution in [2.24, 2.45) is 0 Å². The molecule has 0 amide bonds. The Kier molecular flexibility index (Phi) is 4.22. The smallest absolute Gasteiger partial charge is 0.0113 e. The normalized spacial score (nSPS) is 27.9. The van der Waals surface area contributed by atoms with E-state index in [1.165, 1.54) is 45.4 Å². The maximum absolute atomic E-state index is 3.33. The molecule has 0 aromatic rings. The molecule has 1 saturated heterocycles. The van der Waals surface area contributed by atoms with E-state index in [4.69, 9.17) is 0 Å². The first-order valence-electron chi connectivity index (χ1n) is 6.86. The van der Waals surface area contributed by atoms with Crippen LogP contribution in [0.3, 0.4) is 0 Å². The van der Waals surface area contributed by atoms with Crippen molar-refractivity contribution in [3.8, 4) is 0 Å². The minimum Gasteiger partial charge on any atom is -0.317 e. The number of rotatable bonds is 5. The fraction of sp³-hybridized carbons (Fsp3) is 1.00. The highest BCUT2D eigenvalue weighted by atomic mass is 15.3. The number of hydrogen-bond donors (Lipinski definition) is 1. The van der Waals surface area contributed by atoms with Crippen molar-refractivity contribution in [2.75, 3.05) is 33.2 Å². The lowest BCUT2D eigenvalue weighted by molar-refractivity contribution is 0.0909. The van der Waals surface area contributed by atoms with Gasteiger partial charge < -0.3 is 5.32 Å². The zero-order chi connectivity index (χ0) is 11.5. The molecule has 2 aliphatic rings. The number of hydrogen-bond acceptors (Lipinski definition) is 3. The topological polar surface area (TPSA) is 18.5 Å². The Bertz CT molecular complexity index is 207. The summed E-state index contributed by atoms with van der Waals surface area (Å²) in [7, 11) is 2.06. The third-order valence-corrected chi connectivity index (χ3v) is 4.22. The van der Waals surface area contributed by atoms with Gasteiger partial charge >= 0.3 is 0 Å². The standard InChI is InChI=1S/C13H27N3/c1-11(14-3)10-12(2)15-6-8-16(9-7-15)13-4-5-13/h11-14H,4-10H2,1-3H3. The van der Waals surface area contributed by atoms with E-state index >= 15 is 0 Å². The molecule has 16 heavy (non-hydrogen) atoms. The molecule has 1 aliphatic heterocycles. The second-order valence-corrected chi connectivity index (χ2v) is 5.58. The monoisotopic (exact) mass is 225 g/mol. The lowest BCUT2D eigenvalue weighted by Gasteiger charge is -2.39. The molecular weight excluding hydrogens is 198 g/mol. The van der Waals surface area contributed by atoms with Crippen LogP contribution in [0.4, 0.5) is 0 Å². The predicted molar refractivity (Wildman–Crippen MR) is 68.8 cm³/mol. The second kappa shape index (κ2) is 5.48. The van der Waals surface area contributed by atoms with E-state index in [1.807, 2.05) is 0 Å². The Morgan fingerprint density at radius 2 is 1.75 bits per heavy atom. The fourth-order valence-electron chi connectivity index (χ4n) is 2.76. The van der Waals surface area contributed by atoms with Gasteiger partial charge in [-0.3, -0.25) is 9.80 Å². The van der Waals surface area contributed by atoms with Crippen molar-refractivity contribution in [3.05, 3.63) is 0 Å². The molecule has 0 spiro atoms. The Hall–Kier alpha value is -0.120. The Morgan fingerprint density at radius 3 is 2.25 bits per heavy atom. The van der Waals surface area contributed by atoms with E-state index < -0.39 is 0 Å². The Morgan fingerprint density at radius 1 is 1.12 bits per heavy atom. The minimum absolute atomic E-state index is 0.636. The van der Waals surface area contributed by atoms with E-state index in [0.717, 1.165) is 12.1 Å². The van der Waals surface area contributed by atoms with Crippen molar-refractivity contribution >= 4 is 0 Å². The van der Waals surface area contributed by atoms with Crippen LogP contribution in [0.2, 0.25) is 0 Å². The molecule has 1 heterocycles. The molecule has 1 saturated carbocycles. The summed E-state index contributed by atoms with van der Waals surface area (Å²) in [6.45, 7) is 9.78. The summed E-state index contributed by atoms with van der Waals surface area (Å²) < 4.78 is 0. The quantitative estimate of drug-likeness (QED) is 0.757. The van der Waals surface area contributed by atoms with Gasteiger partial charge in [-0.1, -0.05) is 0 Å². The Labute approximate surface area is 100 Å². The summed E-state index contributed by atoms with van der Waals surface area (Å²) >= 11 is 0. The van der Waals surface area contributed by atoms with Gasteiger partial charge in [0.25, 0.3) is 0 Å². The molecule has 94 valence electrons. The lowest BCUT2D eigenvalue weighted by atomic mass is 10.1. The molecule has 2 rings (SSSR count). The van der Waals surface area contributed by atoms with Crippen LogP contribution in [0.1, 0.15) is 33.1 Å². The molecular formula is C13H27N3. The van der Waals surface area contributed by atoms with Gasteiger partial charge in [-0.25, -0.2) is 0 Å². The molecule has 3 nitrogen and oxygen atoms in total. The van der Waals surface area contributed by atoms with Gasteiger partial charge in [0.05, 0.1) is 0 Å². The van der Waals surface area contributed by atoms with Crippen LogP contribution >= 0.6 is 0 Å². The average molecular weight is 225 g/mol. The van der Waals surface area contributed by atoms with Crippen molar-refractivity contribution < 1.29 is 0 Å². The van der Waals surface area contributed by atoms with E-state index in [-0.39, 0.29) is 0 Å². The van der Waals surface area contributed by atoms with Crippen LogP contribution in [0.5, 0.6) is 0 Å². The van der Waals surface area contributed by atoms with Gasteiger partial charge in [-0.15, -0.1) is 0 Å². The minimum atomic E-state index is 0.636. The third kappa shape index (κ3) is 3.19. The molecule has 3 heteroatoms. The van der Waals surface area contributed by atoms with Crippen molar-refractivity contribution in [3.63, 3.8) is 0 Å². The summed E-state index contributed by atoms with van der Waals surface area (Å²) in [5, 5.41) is 3.33. The SMILES string of the molecule is CNC(C)CC(C)N1CCN(C2CC2)CC1. The second-order valence-electron chi connectivity index (χ2n) is 5.58. The van der Waals surface area contributed by atoms with Crippen LogP contribution in [0.15, 0.2) is 0 Å². The highest BCUT2D eigenvalue weighted by Gasteiger charge is 2.32. The van der Waals surface area contributed by atoms with Crippen molar-refractivity contribution in [1.82, 2.24) is 15.1 Å². The maximum atomic E-state index is 3.33. The molecule has 1 aliphatic carbocycles. The summed E-state index contributed by atoms with van der Waals surface area (Å²) in [4.78, 5) is 5.34. The van der Waals surface area contributed by atoms with Gasteiger partial charge in [-0.05, 0) is 40.2 Å². The van der Waals surface area contributed by atoms with Crippen LogP contribution < -0.4 is 5.32 Å². The number of nitrogens with zero attached hydrogens (tertiary/aromatic N) is 2. The average Bonchev–Trinajstić information content (AvgIpc) is 3.13. The summed E-state index contributed by atoms with van der Waals surface area (Å²) in [5.74, 6) is 0. The van der Waals surface area contributed by atoms with Gasteiger partial charge in [-0.2, -0.15) is 0 Å². The van der Waals surface area contributed by atoms with Crippen LogP contribution in [0, 0.1) is 0 Å². The summed E-state index contributed by atoms with van der Waals surface area (Å²) in [6, 6.07) is 2.31. The summed E-state index contributed by atoms with van der Waals surface area (Å²) in [6.07, 6.45) is 4.17. The molecule has 0 bridgehead atoms. The molecule has 0 radical (unpaired) electrons. The van der Waals surface area contributed by atoms with Gasteiger partial charge in [0, 0.05) is 44.3 Å². The predicted octanol–water partition coefficient (Wildman–Crippen LogP) is 1.15. The largest absolute Gasteiger partial charge is 0.317 e. The Balaban J connectivity index is 1.70. The zero-order valence-corrected chi connectivity index (χ0v) is 11.1. The zero-order valence-electron chi connectivity index (χ0n) is 11.1.